The molecule has 0 unspecified atom stereocenters. The highest BCUT2D eigenvalue weighted by atomic mass is 79.9. The molecule has 0 aliphatic heterocycles. The van der Waals surface area contributed by atoms with Crippen molar-refractivity contribution in [3.8, 4) is 11.4 Å². The fourth-order valence-corrected chi connectivity index (χ4v) is 2.83. The predicted molar refractivity (Wildman–Crippen MR) is 95.8 cm³/mol. The number of tetrazole rings is 1. The largest absolute Gasteiger partial charge is 0.324 e. The van der Waals surface area contributed by atoms with Gasteiger partial charge in [-0.3, -0.25) is 4.79 Å². The van der Waals surface area contributed by atoms with E-state index in [1.165, 1.54) is 4.80 Å². The maximum Gasteiger partial charge on any atom is 0.248 e. The van der Waals surface area contributed by atoms with Crippen LogP contribution in [0.25, 0.3) is 11.4 Å². The van der Waals surface area contributed by atoms with Crippen LogP contribution >= 0.6 is 27.5 Å². The van der Waals surface area contributed by atoms with E-state index in [1.807, 2.05) is 31.2 Å². The molecule has 0 aliphatic rings. The first-order valence-electron chi connectivity index (χ1n) is 7.11. The van der Waals surface area contributed by atoms with Gasteiger partial charge in [0, 0.05) is 20.7 Å². The van der Waals surface area contributed by atoms with E-state index in [-0.39, 0.29) is 12.5 Å². The van der Waals surface area contributed by atoms with Crippen LogP contribution in [-0.4, -0.2) is 26.1 Å². The summed E-state index contributed by atoms with van der Waals surface area (Å²) in [5.41, 5.74) is 2.41. The summed E-state index contributed by atoms with van der Waals surface area (Å²) in [4.78, 5) is 13.4. The molecule has 1 N–H and O–H groups in total. The monoisotopic (exact) mass is 405 g/mol. The first-order valence-corrected chi connectivity index (χ1v) is 8.29. The third-order valence-electron chi connectivity index (χ3n) is 3.32. The number of nitrogens with one attached hydrogen (secondary N) is 1. The van der Waals surface area contributed by atoms with Crippen molar-refractivity contribution in [2.75, 3.05) is 5.32 Å². The minimum absolute atomic E-state index is 0.0283. The molecular formula is C16H13BrClN5O. The maximum atomic E-state index is 12.1. The molecule has 0 fully saturated rings. The molecule has 0 spiro atoms. The third-order valence-corrected chi connectivity index (χ3v) is 4.24. The zero-order chi connectivity index (χ0) is 17.1. The zero-order valence-electron chi connectivity index (χ0n) is 12.7. The van der Waals surface area contributed by atoms with Crippen LogP contribution in [-0.2, 0) is 11.3 Å². The molecule has 122 valence electrons. The van der Waals surface area contributed by atoms with Crippen LogP contribution in [0, 0.1) is 6.92 Å². The number of carbonyl (C=O) groups is 1. The number of hydrogen-bond acceptors (Lipinski definition) is 4. The summed E-state index contributed by atoms with van der Waals surface area (Å²) < 4.78 is 0.866. The van der Waals surface area contributed by atoms with Crippen molar-refractivity contribution >= 4 is 39.1 Å². The lowest BCUT2D eigenvalue weighted by atomic mass is 10.2. The fraction of sp³-hybridized carbons (Fsp3) is 0.125. The number of anilines is 1. The van der Waals surface area contributed by atoms with Gasteiger partial charge in [-0.05, 0) is 48.0 Å². The molecule has 0 atom stereocenters. The van der Waals surface area contributed by atoms with Crippen LogP contribution in [0.2, 0.25) is 5.02 Å². The molecule has 1 heterocycles. The van der Waals surface area contributed by atoms with Gasteiger partial charge in [0.1, 0.15) is 6.54 Å². The number of benzene rings is 2. The second-order valence-corrected chi connectivity index (χ2v) is 6.42. The van der Waals surface area contributed by atoms with Gasteiger partial charge in [0.05, 0.1) is 0 Å². The number of amides is 1. The summed E-state index contributed by atoms with van der Waals surface area (Å²) in [6.07, 6.45) is 0. The van der Waals surface area contributed by atoms with Gasteiger partial charge < -0.3 is 5.32 Å². The Labute approximate surface area is 152 Å². The molecule has 2 aromatic carbocycles. The summed E-state index contributed by atoms with van der Waals surface area (Å²) in [5.74, 6) is 0.217. The summed E-state index contributed by atoms with van der Waals surface area (Å²) in [6.45, 7) is 1.85. The lowest BCUT2D eigenvalue weighted by Gasteiger charge is -2.08. The molecule has 1 aromatic heterocycles. The maximum absolute atomic E-state index is 12.1. The van der Waals surface area contributed by atoms with E-state index in [0.29, 0.717) is 16.5 Å². The average Bonchev–Trinajstić information content (AvgIpc) is 2.99. The van der Waals surface area contributed by atoms with Crippen LogP contribution in [0.4, 0.5) is 5.69 Å². The summed E-state index contributed by atoms with van der Waals surface area (Å²) >= 11 is 9.35. The minimum Gasteiger partial charge on any atom is -0.324 e. The number of aryl methyl sites for hydroxylation is 1. The summed E-state index contributed by atoms with van der Waals surface area (Å²) in [6, 6.07) is 12.8. The van der Waals surface area contributed by atoms with Gasteiger partial charge in [-0.15, -0.1) is 10.2 Å². The summed E-state index contributed by atoms with van der Waals surface area (Å²) in [5, 5.41) is 15.6. The Morgan fingerprint density at radius 1 is 1.29 bits per heavy atom. The normalized spacial score (nSPS) is 10.6. The molecule has 0 saturated carbocycles. The van der Waals surface area contributed by atoms with Crippen molar-refractivity contribution in [2.24, 2.45) is 0 Å². The second-order valence-electron chi connectivity index (χ2n) is 5.13. The van der Waals surface area contributed by atoms with Gasteiger partial charge in [0.25, 0.3) is 0 Å². The highest BCUT2D eigenvalue weighted by Gasteiger charge is 2.12. The highest BCUT2D eigenvalue weighted by molar-refractivity contribution is 9.10. The molecular weight excluding hydrogens is 394 g/mol. The van der Waals surface area contributed by atoms with Gasteiger partial charge in [0.15, 0.2) is 0 Å². The molecule has 0 saturated heterocycles. The molecule has 0 aliphatic carbocycles. The van der Waals surface area contributed by atoms with Crippen molar-refractivity contribution < 1.29 is 4.79 Å². The van der Waals surface area contributed by atoms with Gasteiger partial charge in [-0.1, -0.05) is 39.7 Å². The Morgan fingerprint density at radius 2 is 2.08 bits per heavy atom. The standard InChI is InChI=1S/C16H13BrClN5O/c1-10-8-11(18)6-7-14(10)19-15(24)9-23-21-16(20-22-23)12-4-2-3-5-13(12)17/h2-8H,9H2,1H3,(H,19,24). The van der Waals surface area contributed by atoms with E-state index < -0.39 is 0 Å². The van der Waals surface area contributed by atoms with E-state index in [2.05, 4.69) is 36.7 Å². The van der Waals surface area contributed by atoms with Crippen molar-refractivity contribution in [3.05, 3.63) is 57.5 Å². The smallest absolute Gasteiger partial charge is 0.248 e. The lowest BCUT2D eigenvalue weighted by molar-refractivity contribution is -0.117. The molecule has 0 radical (unpaired) electrons. The van der Waals surface area contributed by atoms with E-state index in [0.717, 1.165) is 15.6 Å². The third kappa shape index (κ3) is 3.80. The van der Waals surface area contributed by atoms with E-state index >= 15 is 0 Å². The molecule has 8 heteroatoms. The van der Waals surface area contributed by atoms with Crippen molar-refractivity contribution in [3.63, 3.8) is 0 Å². The van der Waals surface area contributed by atoms with Crippen molar-refractivity contribution in [1.82, 2.24) is 20.2 Å². The number of aromatic nitrogens is 4. The molecule has 6 nitrogen and oxygen atoms in total. The van der Waals surface area contributed by atoms with Gasteiger partial charge >= 0.3 is 0 Å². The quantitative estimate of drug-likeness (QED) is 0.717. The number of rotatable bonds is 4. The minimum atomic E-state index is -0.239. The summed E-state index contributed by atoms with van der Waals surface area (Å²) in [7, 11) is 0. The molecule has 3 aromatic rings. The molecule has 3 rings (SSSR count). The fourth-order valence-electron chi connectivity index (χ4n) is 2.15. The van der Waals surface area contributed by atoms with Crippen LogP contribution in [0.5, 0.6) is 0 Å². The number of carbonyl (C=O) groups excluding carboxylic acids is 1. The van der Waals surface area contributed by atoms with Crippen LogP contribution in [0.1, 0.15) is 5.56 Å². The SMILES string of the molecule is Cc1cc(Cl)ccc1NC(=O)Cn1nnc(-c2ccccc2Br)n1. The first-order chi connectivity index (χ1) is 11.5. The molecule has 24 heavy (non-hydrogen) atoms. The lowest BCUT2D eigenvalue weighted by Crippen LogP contribution is -2.20. The molecule has 1 amide bonds. The van der Waals surface area contributed by atoms with Crippen LogP contribution in [0.3, 0.4) is 0 Å². The number of hydrogen-bond donors (Lipinski definition) is 1. The topological polar surface area (TPSA) is 72.7 Å². The highest BCUT2D eigenvalue weighted by Crippen LogP contribution is 2.24. The predicted octanol–water partition coefficient (Wildman–Crippen LogP) is 3.70. The zero-order valence-corrected chi connectivity index (χ0v) is 15.0. The Kier molecular flexibility index (Phi) is 4.92. The Hall–Kier alpha value is -2.25. The first kappa shape index (κ1) is 16.6. The number of nitrogens with zero attached hydrogens (tertiary/aromatic N) is 4. The van der Waals surface area contributed by atoms with E-state index in [4.69, 9.17) is 11.6 Å². The van der Waals surface area contributed by atoms with Gasteiger partial charge in [-0.25, -0.2) is 0 Å². The van der Waals surface area contributed by atoms with Crippen molar-refractivity contribution in [2.45, 2.75) is 13.5 Å². The Bertz CT molecular complexity index is 896. The second kappa shape index (κ2) is 7.11. The Balaban J connectivity index is 1.70. The van der Waals surface area contributed by atoms with E-state index in [9.17, 15) is 4.79 Å². The molecule has 0 bridgehead atoms. The van der Waals surface area contributed by atoms with Crippen LogP contribution < -0.4 is 5.32 Å². The van der Waals surface area contributed by atoms with E-state index in [1.54, 1.807) is 18.2 Å². The van der Waals surface area contributed by atoms with Crippen LogP contribution in [0.15, 0.2) is 46.9 Å². The number of halogens is 2. The Morgan fingerprint density at radius 3 is 2.83 bits per heavy atom. The van der Waals surface area contributed by atoms with Crippen molar-refractivity contribution in [1.29, 1.82) is 0 Å². The van der Waals surface area contributed by atoms with Gasteiger partial charge in [0.2, 0.25) is 11.7 Å². The van der Waals surface area contributed by atoms with Gasteiger partial charge in [-0.2, -0.15) is 4.80 Å². The average molecular weight is 407 g/mol.